The molecule has 0 aliphatic rings. The van der Waals surface area contributed by atoms with Crippen LogP contribution >= 0.6 is 11.6 Å². The number of nitro benzene ring substituents is 1. The van der Waals surface area contributed by atoms with Crippen molar-refractivity contribution in [2.75, 3.05) is 0 Å². The Balaban J connectivity index is 1.66. The third-order valence-corrected chi connectivity index (χ3v) is 3.97. The number of carbonyl (C=O) groups excluding carboxylic acids is 1. The maximum atomic E-state index is 11.8. The molecule has 3 rings (SSSR count). The van der Waals surface area contributed by atoms with Crippen LogP contribution in [0.2, 0.25) is 5.02 Å². The molecule has 8 heteroatoms. The third kappa shape index (κ3) is 4.80. The topological polar surface area (TPSA) is 97.7 Å². The number of rotatable bonds is 6. The number of nitro groups is 1. The third-order valence-electron chi connectivity index (χ3n) is 3.64. The number of carbonyl (C=O) groups is 1. The van der Waals surface area contributed by atoms with Crippen molar-refractivity contribution in [3.8, 4) is 11.3 Å². The number of amides is 1. The molecule has 1 aromatic heterocycles. The van der Waals surface area contributed by atoms with Crippen LogP contribution in [0.4, 0.5) is 5.69 Å². The van der Waals surface area contributed by atoms with Crippen LogP contribution < -0.4 is 5.43 Å². The normalized spacial score (nSPS) is 10.9. The lowest BCUT2D eigenvalue weighted by atomic mass is 10.1. The van der Waals surface area contributed by atoms with Gasteiger partial charge >= 0.3 is 0 Å². The Morgan fingerprint density at radius 3 is 2.70 bits per heavy atom. The minimum Gasteiger partial charge on any atom is -0.455 e. The van der Waals surface area contributed by atoms with Gasteiger partial charge in [0.25, 0.3) is 5.69 Å². The summed E-state index contributed by atoms with van der Waals surface area (Å²) in [7, 11) is 0. The average Bonchev–Trinajstić information content (AvgIpc) is 3.11. The molecule has 136 valence electrons. The van der Waals surface area contributed by atoms with E-state index in [0.29, 0.717) is 22.1 Å². The van der Waals surface area contributed by atoms with E-state index in [0.717, 1.165) is 5.56 Å². The molecule has 0 atom stereocenters. The zero-order valence-corrected chi connectivity index (χ0v) is 14.7. The van der Waals surface area contributed by atoms with E-state index in [1.807, 2.05) is 30.3 Å². The molecule has 0 radical (unpaired) electrons. The second kappa shape index (κ2) is 8.29. The van der Waals surface area contributed by atoms with Crippen LogP contribution in [0.25, 0.3) is 11.3 Å². The molecule has 0 bridgehead atoms. The Morgan fingerprint density at radius 1 is 1.19 bits per heavy atom. The number of hydrogen-bond acceptors (Lipinski definition) is 5. The molecule has 0 fully saturated rings. The number of nitrogens with one attached hydrogen (secondary N) is 1. The summed E-state index contributed by atoms with van der Waals surface area (Å²) in [6.45, 7) is 0. The lowest BCUT2D eigenvalue weighted by Gasteiger charge is -2.01. The van der Waals surface area contributed by atoms with Gasteiger partial charge in [0.05, 0.1) is 22.6 Å². The van der Waals surface area contributed by atoms with E-state index in [-0.39, 0.29) is 18.0 Å². The number of non-ortho nitro benzene ring substituents is 1. The maximum absolute atomic E-state index is 11.8. The minimum absolute atomic E-state index is 0.0887. The van der Waals surface area contributed by atoms with E-state index in [4.69, 9.17) is 16.0 Å². The van der Waals surface area contributed by atoms with Gasteiger partial charge in [-0.3, -0.25) is 14.9 Å². The molecule has 3 aromatic rings. The number of hydrogen-bond donors (Lipinski definition) is 1. The quantitative estimate of drug-likeness (QED) is 0.391. The van der Waals surface area contributed by atoms with Gasteiger partial charge in [0.2, 0.25) is 5.91 Å². The summed E-state index contributed by atoms with van der Waals surface area (Å²) in [4.78, 5) is 22.2. The smallest absolute Gasteiger partial charge is 0.270 e. The predicted molar refractivity (Wildman–Crippen MR) is 102 cm³/mol. The number of nitrogens with zero attached hydrogens (tertiary/aromatic N) is 2. The van der Waals surface area contributed by atoms with Crippen LogP contribution in [0.15, 0.2) is 70.2 Å². The zero-order valence-electron chi connectivity index (χ0n) is 14.0. The molecule has 1 heterocycles. The number of furan rings is 1. The Bertz CT molecular complexity index is 999. The summed E-state index contributed by atoms with van der Waals surface area (Å²) in [5.74, 6) is 0.472. The fraction of sp³-hybridized carbons (Fsp3) is 0.0526. The summed E-state index contributed by atoms with van der Waals surface area (Å²) in [5, 5.41) is 15.1. The molecule has 0 aliphatic carbocycles. The SMILES string of the molecule is O=C(Cc1ccccc1)N/N=C\c1ccc(-c2cc([N+](=O)[O-])ccc2Cl)o1. The molecule has 0 saturated carbocycles. The summed E-state index contributed by atoms with van der Waals surface area (Å²) in [6, 6.07) is 16.6. The lowest BCUT2D eigenvalue weighted by Crippen LogP contribution is -2.19. The van der Waals surface area contributed by atoms with Crippen molar-refractivity contribution < 1.29 is 14.1 Å². The standard InChI is InChI=1S/C19H14ClN3O4/c20-17-8-6-14(23(25)26)11-16(17)18-9-7-15(27-18)12-21-22-19(24)10-13-4-2-1-3-5-13/h1-9,11-12H,10H2,(H,22,24)/b21-12-. The predicted octanol–water partition coefficient (Wildman–Crippen LogP) is 4.20. The van der Waals surface area contributed by atoms with Crippen molar-refractivity contribution in [3.63, 3.8) is 0 Å². The summed E-state index contributed by atoms with van der Waals surface area (Å²) in [5.41, 5.74) is 3.61. The molecule has 1 amide bonds. The highest BCUT2D eigenvalue weighted by Crippen LogP contribution is 2.32. The molecule has 0 aliphatic heterocycles. The van der Waals surface area contributed by atoms with E-state index < -0.39 is 4.92 Å². The van der Waals surface area contributed by atoms with Crippen molar-refractivity contribution in [1.29, 1.82) is 0 Å². The molecular formula is C19H14ClN3O4. The van der Waals surface area contributed by atoms with Gasteiger partial charge < -0.3 is 4.42 Å². The fourth-order valence-corrected chi connectivity index (χ4v) is 2.58. The van der Waals surface area contributed by atoms with Crippen molar-refractivity contribution >= 4 is 29.4 Å². The van der Waals surface area contributed by atoms with E-state index in [1.165, 1.54) is 24.4 Å². The molecule has 27 heavy (non-hydrogen) atoms. The van der Waals surface area contributed by atoms with Gasteiger partial charge in [-0.25, -0.2) is 5.43 Å². The lowest BCUT2D eigenvalue weighted by molar-refractivity contribution is -0.384. The van der Waals surface area contributed by atoms with Crippen LogP contribution in [-0.4, -0.2) is 17.0 Å². The maximum Gasteiger partial charge on any atom is 0.270 e. The van der Waals surface area contributed by atoms with Crippen LogP contribution in [0.1, 0.15) is 11.3 Å². The number of benzene rings is 2. The molecule has 1 N–H and O–H groups in total. The summed E-state index contributed by atoms with van der Waals surface area (Å²) >= 11 is 6.09. The van der Waals surface area contributed by atoms with Gasteiger partial charge in [0.15, 0.2) is 0 Å². The Hall–Kier alpha value is -3.45. The van der Waals surface area contributed by atoms with Gasteiger partial charge in [-0.15, -0.1) is 0 Å². The van der Waals surface area contributed by atoms with E-state index in [2.05, 4.69) is 10.5 Å². The molecule has 7 nitrogen and oxygen atoms in total. The molecule has 2 aromatic carbocycles. The Morgan fingerprint density at radius 2 is 1.96 bits per heavy atom. The second-order valence-corrected chi connectivity index (χ2v) is 5.99. The van der Waals surface area contributed by atoms with Gasteiger partial charge in [-0.1, -0.05) is 41.9 Å². The molecule has 0 unspecified atom stereocenters. The zero-order chi connectivity index (χ0) is 19.2. The Kier molecular flexibility index (Phi) is 5.63. The summed E-state index contributed by atoms with van der Waals surface area (Å²) in [6.07, 6.45) is 1.56. The van der Waals surface area contributed by atoms with Crippen molar-refractivity contribution in [3.05, 3.63) is 87.1 Å². The van der Waals surface area contributed by atoms with Gasteiger partial charge in [-0.05, 0) is 23.8 Å². The van der Waals surface area contributed by atoms with Crippen LogP contribution in [0, 0.1) is 10.1 Å². The van der Waals surface area contributed by atoms with Gasteiger partial charge in [-0.2, -0.15) is 5.10 Å². The van der Waals surface area contributed by atoms with E-state index in [1.54, 1.807) is 12.1 Å². The molecule has 0 saturated heterocycles. The van der Waals surface area contributed by atoms with Crippen LogP contribution in [0.5, 0.6) is 0 Å². The first-order valence-electron chi connectivity index (χ1n) is 7.93. The van der Waals surface area contributed by atoms with Crippen LogP contribution in [0.3, 0.4) is 0 Å². The Labute approximate surface area is 159 Å². The van der Waals surface area contributed by atoms with E-state index >= 15 is 0 Å². The fourth-order valence-electron chi connectivity index (χ4n) is 2.37. The van der Waals surface area contributed by atoms with Crippen molar-refractivity contribution in [1.82, 2.24) is 5.43 Å². The van der Waals surface area contributed by atoms with E-state index in [9.17, 15) is 14.9 Å². The summed E-state index contributed by atoms with van der Waals surface area (Å²) < 4.78 is 5.58. The van der Waals surface area contributed by atoms with Gasteiger partial charge in [0, 0.05) is 17.7 Å². The van der Waals surface area contributed by atoms with Crippen LogP contribution in [-0.2, 0) is 11.2 Å². The van der Waals surface area contributed by atoms with Gasteiger partial charge in [0.1, 0.15) is 11.5 Å². The largest absolute Gasteiger partial charge is 0.455 e. The monoisotopic (exact) mass is 383 g/mol. The van der Waals surface area contributed by atoms with Crippen molar-refractivity contribution in [2.24, 2.45) is 5.10 Å². The molecule has 0 spiro atoms. The highest BCUT2D eigenvalue weighted by molar-refractivity contribution is 6.33. The number of halogens is 1. The first-order chi connectivity index (χ1) is 13.0. The minimum atomic E-state index is -0.507. The number of hydrazone groups is 1. The highest BCUT2D eigenvalue weighted by Gasteiger charge is 2.14. The average molecular weight is 384 g/mol. The first-order valence-corrected chi connectivity index (χ1v) is 8.31. The second-order valence-electron chi connectivity index (χ2n) is 5.58. The first kappa shape index (κ1) is 18.3. The molecular weight excluding hydrogens is 370 g/mol. The highest BCUT2D eigenvalue weighted by atomic mass is 35.5. The van der Waals surface area contributed by atoms with Crippen molar-refractivity contribution in [2.45, 2.75) is 6.42 Å².